The molecule has 1 aliphatic heterocycles. The average Bonchev–Trinajstić information content (AvgIpc) is 3.00. The molecule has 0 amide bonds. The van der Waals surface area contributed by atoms with E-state index in [0.29, 0.717) is 0 Å². The maximum absolute atomic E-state index is 11.7. The van der Waals surface area contributed by atoms with E-state index in [1.54, 1.807) is 0 Å². The zero-order chi connectivity index (χ0) is 15.9. The molecule has 0 unspecified atom stereocenters. The lowest BCUT2D eigenvalue weighted by molar-refractivity contribution is -0.0321. The molecule has 0 aliphatic carbocycles. The molecular formula is C10H12N8O4. The first-order valence-corrected chi connectivity index (χ1v) is 6.27. The van der Waals surface area contributed by atoms with Gasteiger partial charge in [-0.1, -0.05) is 5.11 Å². The molecule has 3 heterocycles. The van der Waals surface area contributed by atoms with E-state index in [9.17, 15) is 15.0 Å². The van der Waals surface area contributed by atoms with Gasteiger partial charge in [0, 0.05) is 4.91 Å². The van der Waals surface area contributed by atoms with Crippen LogP contribution in [0.2, 0.25) is 0 Å². The summed E-state index contributed by atoms with van der Waals surface area (Å²) in [5, 5.41) is 23.3. The highest BCUT2D eigenvalue weighted by Gasteiger charge is 2.43. The second kappa shape index (κ2) is 5.27. The van der Waals surface area contributed by atoms with Gasteiger partial charge < -0.3 is 20.7 Å². The molecule has 0 bridgehead atoms. The van der Waals surface area contributed by atoms with E-state index in [0.717, 1.165) is 0 Å². The molecular weight excluding hydrogens is 296 g/mol. The summed E-state index contributed by atoms with van der Waals surface area (Å²) in [6.07, 6.45) is -3.23. The summed E-state index contributed by atoms with van der Waals surface area (Å²) in [5.41, 5.74) is 13.4. The van der Waals surface area contributed by atoms with Crippen LogP contribution >= 0.6 is 0 Å². The third-order valence-corrected chi connectivity index (χ3v) is 3.39. The first kappa shape index (κ1) is 14.3. The summed E-state index contributed by atoms with van der Waals surface area (Å²) in [7, 11) is 0. The third kappa shape index (κ3) is 2.16. The number of rotatable bonds is 3. The summed E-state index contributed by atoms with van der Waals surface area (Å²) in [4.78, 5) is 24.5. The Bertz CT molecular complexity index is 809. The van der Waals surface area contributed by atoms with Gasteiger partial charge in [0.2, 0.25) is 5.95 Å². The van der Waals surface area contributed by atoms with E-state index in [1.807, 2.05) is 0 Å². The first-order chi connectivity index (χ1) is 10.5. The van der Waals surface area contributed by atoms with Gasteiger partial charge in [0.25, 0.3) is 5.56 Å². The lowest BCUT2D eigenvalue weighted by atomic mass is 10.1. The molecule has 116 valence electrons. The van der Waals surface area contributed by atoms with E-state index in [1.165, 1.54) is 10.9 Å². The van der Waals surface area contributed by atoms with Crippen LogP contribution in [0.15, 0.2) is 16.2 Å². The number of nitrogens with zero attached hydrogens (tertiary/aromatic N) is 6. The number of aromatic nitrogens is 4. The minimum Gasteiger partial charge on any atom is -0.388 e. The highest BCUT2D eigenvalue weighted by Crippen LogP contribution is 2.31. The molecule has 0 radical (unpaired) electrons. The van der Waals surface area contributed by atoms with Crippen molar-refractivity contribution in [3.8, 4) is 0 Å². The van der Waals surface area contributed by atoms with Crippen molar-refractivity contribution in [3.63, 3.8) is 0 Å². The third-order valence-electron chi connectivity index (χ3n) is 3.39. The smallest absolute Gasteiger partial charge is 0.280 e. The molecule has 0 spiro atoms. The topological polar surface area (TPSA) is 188 Å². The van der Waals surface area contributed by atoms with Crippen LogP contribution in [-0.4, -0.2) is 54.6 Å². The number of nitrogen functional groups attached to an aromatic ring is 1. The van der Waals surface area contributed by atoms with Crippen LogP contribution in [0, 0.1) is 0 Å². The summed E-state index contributed by atoms with van der Waals surface area (Å²) in [6, 6.07) is 0. The van der Waals surface area contributed by atoms with E-state index < -0.39 is 30.1 Å². The molecule has 2 aromatic rings. The van der Waals surface area contributed by atoms with Crippen molar-refractivity contribution in [1.82, 2.24) is 19.5 Å². The number of aliphatic hydroxyl groups is 2. The normalized spacial score (nSPS) is 27.9. The van der Waals surface area contributed by atoms with Crippen LogP contribution in [0.4, 0.5) is 5.95 Å². The number of azide groups is 1. The van der Waals surface area contributed by atoms with Crippen LogP contribution in [0.25, 0.3) is 21.6 Å². The first-order valence-electron chi connectivity index (χ1n) is 6.27. The fraction of sp³-hybridized carbons (Fsp3) is 0.500. The number of nitrogens with two attached hydrogens (primary N) is 1. The SMILES string of the molecule is [N-]=[N+]=NC[C@@H]1O[C@@H](n2cnc3c(=O)[nH]c(N)nc32)[C@@H](O)[C@@H]1O. The summed E-state index contributed by atoms with van der Waals surface area (Å²) < 4.78 is 6.78. The van der Waals surface area contributed by atoms with Crippen molar-refractivity contribution < 1.29 is 14.9 Å². The highest BCUT2D eigenvalue weighted by molar-refractivity contribution is 5.70. The van der Waals surface area contributed by atoms with Gasteiger partial charge in [0.1, 0.15) is 12.2 Å². The molecule has 0 aromatic carbocycles. The van der Waals surface area contributed by atoms with Gasteiger partial charge in [-0.3, -0.25) is 14.3 Å². The lowest BCUT2D eigenvalue weighted by Crippen LogP contribution is -2.32. The summed E-state index contributed by atoms with van der Waals surface area (Å²) >= 11 is 0. The van der Waals surface area contributed by atoms with Crippen LogP contribution in [0.5, 0.6) is 0 Å². The Morgan fingerprint density at radius 3 is 3.05 bits per heavy atom. The molecule has 5 N–H and O–H groups in total. The number of ether oxygens (including phenoxy) is 1. The molecule has 22 heavy (non-hydrogen) atoms. The number of fused-ring (bicyclic) bond motifs is 1. The molecule has 3 rings (SSSR count). The lowest BCUT2D eigenvalue weighted by Gasteiger charge is -2.16. The quantitative estimate of drug-likeness (QED) is 0.305. The van der Waals surface area contributed by atoms with Crippen molar-refractivity contribution in [3.05, 3.63) is 27.1 Å². The standard InChI is InChI=1S/C10H12N8O4/c11-10-15-7-4(8(21)16-10)13-2-18(7)9-6(20)5(19)3(22-9)1-14-17-12/h2-3,5-6,9,19-20H,1H2,(H3,11,15,16,21)/t3-,5+,6-,9+/m0/s1. The number of hydrogen-bond donors (Lipinski definition) is 4. The maximum Gasteiger partial charge on any atom is 0.280 e. The minimum atomic E-state index is -1.31. The van der Waals surface area contributed by atoms with Gasteiger partial charge in [-0.15, -0.1) is 0 Å². The number of nitrogens with one attached hydrogen (secondary N) is 1. The van der Waals surface area contributed by atoms with Gasteiger partial charge in [-0.2, -0.15) is 4.98 Å². The predicted octanol–water partition coefficient (Wildman–Crippen LogP) is -1.37. The Kier molecular flexibility index (Phi) is 3.42. The van der Waals surface area contributed by atoms with Gasteiger partial charge in [0.15, 0.2) is 17.4 Å². The Balaban J connectivity index is 2.01. The maximum atomic E-state index is 11.7. The molecule has 4 atom stereocenters. The number of anilines is 1. The van der Waals surface area contributed by atoms with Crippen molar-refractivity contribution >= 4 is 17.1 Å². The number of imidazole rings is 1. The van der Waals surface area contributed by atoms with Crippen LogP contribution in [-0.2, 0) is 4.74 Å². The molecule has 1 fully saturated rings. The minimum absolute atomic E-state index is 0.0259. The molecule has 0 saturated carbocycles. The fourth-order valence-electron chi connectivity index (χ4n) is 2.36. The molecule has 2 aromatic heterocycles. The highest BCUT2D eigenvalue weighted by atomic mass is 16.6. The van der Waals surface area contributed by atoms with E-state index in [2.05, 4.69) is 25.0 Å². The van der Waals surface area contributed by atoms with Crippen LogP contribution in [0.1, 0.15) is 6.23 Å². The van der Waals surface area contributed by atoms with E-state index in [-0.39, 0.29) is 23.7 Å². The van der Waals surface area contributed by atoms with Crippen LogP contribution < -0.4 is 11.3 Å². The van der Waals surface area contributed by atoms with Crippen LogP contribution in [0.3, 0.4) is 0 Å². The number of aromatic amines is 1. The molecule has 12 nitrogen and oxygen atoms in total. The van der Waals surface area contributed by atoms with Gasteiger partial charge in [-0.05, 0) is 5.53 Å². The number of hydrogen-bond acceptors (Lipinski definition) is 8. The second-order valence-corrected chi connectivity index (χ2v) is 4.73. The Morgan fingerprint density at radius 1 is 1.55 bits per heavy atom. The Morgan fingerprint density at radius 2 is 2.32 bits per heavy atom. The monoisotopic (exact) mass is 308 g/mol. The Labute approximate surface area is 121 Å². The van der Waals surface area contributed by atoms with Crippen molar-refractivity contribution in [2.75, 3.05) is 12.3 Å². The second-order valence-electron chi connectivity index (χ2n) is 4.73. The predicted molar refractivity (Wildman–Crippen MR) is 72.5 cm³/mol. The van der Waals surface area contributed by atoms with Crippen molar-refractivity contribution in [2.24, 2.45) is 5.11 Å². The largest absolute Gasteiger partial charge is 0.388 e. The average molecular weight is 308 g/mol. The Hall–Kier alpha value is -2.66. The van der Waals surface area contributed by atoms with Gasteiger partial charge >= 0.3 is 0 Å². The molecule has 1 aliphatic rings. The van der Waals surface area contributed by atoms with Gasteiger partial charge in [0.05, 0.1) is 19.0 Å². The molecule has 12 heteroatoms. The zero-order valence-corrected chi connectivity index (χ0v) is 11.1. The number of H-pyrrole nitrogens is 1. The van der Waals surface area contributed by atoms with Crippen molar-refractivity contribution in [1.29, 1.82) is 0 Å². The molecule has 1 saturated heterocycles. The fourth-order valence-corrected chi connectivity index (χ4v) is 2.36. The van der Waals surface area contributed by atoms with E-state index in [4.69, 9.17) is 16.0 Å². The van der Waals surface area contributed by atoms with Gasteiger partial charge in [-0.25, -0.2) is 4.98 Å². The summed E-state index contributed by atoms with van der Waals surface area (Å²) in [5.74, 6) is -0.113. The van der Waals surface area contributed by atoms with E-state index >= 15 is 0 Å². The zero-order valence-electron chi connectivity index (χ0n) is 11.1. The summed E-state index contributed by atoms with van der Waals surface area (Å²) in [6.45, 7) is -0.145. The number of aliphatic hydroxyl groups excluding tert-OH is 2. The van der Waals surface area contributed by atoms with Crippen molar-refractivity contribution in [2.45, 2.75) is 24.5 Å².